The van der Waals surface area contributed by atoms with E-state index in [0.717, 1.165) is 0 Å². The van der Waals surface area contributed by atoms with Gasteiger partial charge in [-0.1, -0.05) is 11.6 Å². The van der Waals surface area contributed by atoms with Crippen LogP contribution < -0.4 is 5.32 Å². The maximum Gasteiger partial charge on any atom is 0.255 e. The van der Waals surface area contributed by atoms with Crippen LogP contribution in [0, 0.1) is 0 Å². The van der Waals surface area contributed by atoms with Gasteiger partial charge in [0.15, 0.2) is 0 Å². The number of rotatable bonds is 4. The number of hydrogen-bond donors (Lipinski definition) is 2. The minimum atomic E-state index is -0.304. The highest BCUT2D eigenvalue weighted by atomic mass is 35.5. The average molecular weight is 271 g/mol. The molecule has 0 bridgehead atoms. The average Bonchev–Trinajstić information content (AvgIpc) is 2.30. The first-order valence-corrected chi connectivity index (χ1v) is 5.77. The molecule has 0 atom stereocenters. The normalized spacial score (nSPS) is 10.0. The third-order valence-electron chi connectivity index (χ3n) is 2.30. The zero-order chi connectivity index (χ0) is 13.7. The molecule has 5 nitrogen and oxygen atoms in total. The van der Waals surface area contributed by atoms with E-state index in [1.165, 1.54) is 17.9 Å². The van der Waals surface area contributed by atoms with Gasteiger partial charge in [0.05, 0.1) is 17.2 Å². The standard InChI is InChI=1S/C12H15ClN2O3/c1-8(17)14-9-3-4-11(13)10(7-9)12(18)15(2)5-6-16/h3-4,7,16H,5-6H2,1-2H3,(H,14,17). The number of aliphatic hydroxyl groups excluding tert-OH is 1. The Morgan fingerprint density at radius 3 is 2.67 bits per heavy atom. The number of aliphatic hydroxyl groups is 1. The molecule has 0 spiro atoms. The van der Waals surface area contributed by atoms with Gasteiger partial charge >= 0.3 is 0 Å². The monoisotopic (exact) mass is 270 g/mol. The molecule has 18 heavy (non-hydrogen) atoms. The summed E-state index contributed by atoms with van der Waals surface area (Å²) >= 11 is 5.95. The van der Waals surface area contributed by atoms with E-state index in [1.807, 2.05) is 0 Å². The van der Waals surface area contributed by atoms with Gasteiger partial charge in [0.1, 0.15) is 0 Å². The largest absolute Gasteiger partial charge is 0.395 e. The van der Waals surface area contributed by atoms with E-state index < -0.39 is 0 Å². The molecule has 0 fully saturated rings. The van der Waals surface area contributed by atoms with Crippen LogP contribution in [0.3, 0.4) is 0 Å². The van der Waals surface area contributed by atoms with Gasteiger partial charge in [-0.15, -0.1) is 0 Å². The fourth-order valence-corrected chi connectivity index (χ4v) is 1.63. The molecule has 0 unspecified atom stereocenters. The van der Waals surface area contributed by atoms with Crippen molar-refractivity contribution in [2.75, 3.05) is 25.5 Å². The van der Waals surface area contributed by atoms with Crippen molar-refractivity contribution in [1.29, 1.82) is 0 Å². The van der Waals surface area contributed by atoms with E-state index in [0.29, 0.717) is 16.3 Å². The van der Waals surface area contributed by atoms with E-state index in [4.69, 9.17) is 16.7 Å². The number of halogens is 1. The van der Waals surface area contributed by atoms with Crippen LogP contribution in [0.25, 0.3) is 0 Å². The Balaban J connectivity index is 2.99. The van der Waals surface area contributed by atoms with Crippen LogP contribution >= 0.6 is 11.6 Å². The van der Waals surface area contributed by atoms with Gasteiger partial charge in [0, 0.05) is 26.2 Å². The second-order valence-corrected chi connectivity index (χ2v) is 4.23. The molecule has 1 aromatic rings. The molecule has 0 aliphatic carbocycles. The zero-order valence-corrected chi connectivity index (χ0v) is 11.0. The first-order valence-electron chi connectivity index (χ1n) is 5.39. The van der Waals surface area contributed by atoms with Crippen molar-refractivity contribution >= 4 is 29.1 Å². The topological polar surface area (TPSA) is 69.6 Å². The van der Waals surface area contributed by atoms with Gasteiger partial charge in [0.2, 0.25) is 5.91 Å². The molecule has 0 aliphatic heterocycles. The quantitative estimate of drug-likeness (QED) is 0.868. The fraction of sp³-hybridized carbons (Fsp3) is 0.333. The summed E-state index contributed by atoms with van der Waals surface area (Å²) in [5.41, 5.74) is 0.798. The summed E-state index contributed by atoms with van der Waals surface area (Å²) < 4.78 is 0. The number of nitrogens with zero attached hydrogens (tertiary/aromatic N) is 1. The molecule has 0 aliphatic rings. The Labute approximate surface area is 110 Å². The van der Waals surface area contributed by atoms with Crippen molar-refractivity contribution in [3.8, 4) is 0 Å². The smallest absolute Gasteiger partial charge is 0.255 e. The molecule has 1 aromatic carbocycles. The summed E-state index contributed by atoms with van der Waals surface area (Å²) in [6, 6.07) is 4.68. The summed E-state index contributed by atoms with van der Waals surface area (Å²) in [4.78, 5) is 24.3. The van der Waals surface area contributed by atoms with Crippen LogP contribution in [0.4, 0.5) is 5.69 Å². The van der Waals surface area contributed by atoms with Gasteiger partial charge in [-0.2, -0.15) is 0 Å². The number of hydrogen-bond acceptors (Lipinski definition) is 3. The minimum Gasteiger partial charge on any atom is -0.395 e. The summed E-state index contributed by atoms with van der Waals surface area (Å²) in [6.07, 6.45) is 0. The fourth-order valence-electron chi connectivity index (χ4n) is 1.43. The highest BCUT2D eigenvalue weighted by Gasteiger charge is 2.15. The maximum absolute atomic E-state index is 12.0. The lowest BCUT2D eigenvalue weighted by Crippen LogP contribution is -2.29. The number of benzene rings is 1. The number of anilines is 1. The van der Waals surface area contributed by atoms with Gasteiger partial charge in [-0.05, 0) is 18.2 Å². The zero-order valence-electron chi connectivity index (χ0n) is 10.2. The number of likely N-dealkylation sites (N-methyl/N-ethyl adjacent to an activating group) is 1. The van der Waals surface area contributed by atoms with E-state index in [9.17, 15) is 9.59 Å². The third-order valence-corrected chi connectivity index (χ3v) is 2.63. The van der Waals surface area contributed by atoms with E-state index in [1.54, 1.807) is 19.2 Å². The predicted molar refractivity (Wildman–Crippen MR) is 69.8 cm³/mol. The van der Waals surface area contributed by atoms with Gasteiger partial charge < -0.3 is 15.3 Å². The molecule has 1 rings (SSSR count). The Bertz CT molecular complexity index is 463. The molecule has 0 aromatic heterocycles. The Morgan fingerprint density at radius 2 is 2.11 bits per heavy atom. The van der Waals surface area contributed by atoms with Crippen molar-refractivity contribution in [2.24, 2.45) is 0 Å². The van der Waals surface area contributed by atoms with Crippen molar-refractivity contribution in [2.45, 2.75) is 6.92 Å². The Morgan fingerprint density at radius 1 is 1.44 bits per heavy atom. The van der Waals surface area contributed by atoms with Crippen LogP contribution in [0.15, 0.2) is 18.2 Å². The van der Waals surface area contributed by atoms with Crippen LogP contribution in [-0.2, 0) is 4.79 Å². The van der Waals surface area contributed by atoms with E-state index in [-0.39, 0.29) is 25.0 Å². The second-order valence-electron chi connectivity index (χ2n) is 3.83. The molecule has 2 N–H and O–H groups in total. The highest BCUT2D eigenvalue weighted by molar-refractivity contribution is 6.34. The molecule has 0 radical (unpaired) electrons. The molecular weight excluding hydrogens is 256 g/mol. The van der Waals surface area contributed by atoms with Crippen molar-refractivity contribution in [1.82, 2.24) is 4.90 Å². The molecule has 0 heterocycles. The number of amides is 2. The minimum absolute atomic E-state index is 0.120. The third kappa shape index (κ3) is 3.72. The molecular formula is C12H15ClN2O3. The summed E-state index contributed by atoms with van der Waals surface area (Å²) in [5.74, 6) is -0.527. The first kappa shape index (κ1) is 14.5. The SMILES string of the molecule is CC(=O)Nc1ccc(Cl)c(C(=O)N(C)CCO)c1. The van der Waals surface area contributed by atoms with Crippen LogP contribution in [0.1, 0.15) is 17.3 Å². The van der Waals surface area contributed by atoms with Gasteiger partial charge in [-0.3, -0.25) is 9.59 Å². The Hall–Kier alpha value is -1.59. The lowest BCUT2D eigenvalue weighted by molar-refractivity contribution is -0.114. The molecule has 6 heteroatoms. The Kier molecular flexibility index (Phi) is 5.12. The predicted octanol–water partition coefficient (Wildman–Crippen LogP) is 1.36. The lowest BCUT2D eigenvalue weighted by Gasteiger charge is -2.17. The molecule has 0 saturated heterocycles. The van der Waals surface area contributed by atoms with Crippen LogP contribution in [0.5, 0.6) is 0 Å². The van der Waals surface area contributed by atoms with Crippen LogP contribution in [0.2, 0.25) is 5.02 Å². The van der Waals surface area contributed by atoms with Gasteiger partial charge in [0.25, 0.3) is 5.91 Å². The number of carbonyl (C=O) groups excluding carboxylic acids is 2. The molecule has 98 valence electrons. The van der Waals surface area contributed by atoms with Crippen molar-refractivity contribution < 1.29 is 14.7 Å². The van der Waals surface area contributed by atoms with E-state index >= 15 is 0 Å². The van der Waals surface area contributed by atoms with Crippen molar-refractivity contribution in [3.05, 3.63) is 28.8 Å². The number of nitrogens with one attached hydrogen (secondary N) is 1. The highest BCUT2D eigenvalue weighted by Crippen LogP contribution is 2.21. The van der Waals surface area contributed by atoms with Gasteiger partial charge in [-0.25, -0.2) is 0 Å². The van der Waals surface area contributed by atoms with E-state index in [2.05, 4.69) is 5.32 Å². The summed E-state index contributed by atoms with van der Waals surface area (Å²) in [7, 11) is 1.57. The lowest BCUT2D eigenvalue weighted by atomic mass is 10.1. The maximum atomic E-state index is 12.0. The second kappa shape index (κ2) is 6.37. The first-order chi connectivity index (χ1) is 8.45. The van der Waals surface area contributed by atoms with Crippen molar-refractivity contribution in [3.63, 3.8) is 0 Å². The molecule has 2 amide bonds. The summed E-state index contributed by atoms with van der Waals surface area (Å²) in [5, 5.41) is 11.7. The number of carbonyl (C=O) groups is 2. The molecule has 0 saturated carbocycles. The van der Waals surface area contributed by atoms with Crippen LogP contribution in [-0.4, -0.2) is 42.0 Å². The summed E-state index contributed by atoms with van der Waals surface area (Å²) in [6.45, 7) is 1.48.